The predicted molar refractivity (Wildman–Crippen MR) is 48.4 cm³/mol. The SMILES string of the molecule is CC(C)C(=O)OC(C)[N+](C)(C)C.[Cl-]. The Balaban J connectivity index is 0. The monoisotopic (exact) mass is 209 g/mol. The van der Waals surface area contributed by atoms with Gasteiger partial charge in [0.2, 0.25) is 6.23 Å². The molecule has 13 heavy (non-hydrogen) atoms. The third kappa shape index (κ3) is 5.88. The Morgan fingerprint density at radius 3 is 1.77 bits per heavy atom. The van der Waals surface area contributed by atoms with Gasteiger partial charge < -0.3 is 17.1 Å². The molecule has 1 atom stereocenters. The fourth-order valence-corrected chi connectivity index (χ4v) is 0.462. The molecule has 0 saturated carbocycles. The number of esters is 1. The summed E-state index contributed by atoms with van der Waals surface area (Å²) < 4.78 is 5.85. The lowest BCUT2D eigenvalue weighted by molar-refractivity contribution is -0.914. The number of carbonyl (C=O) groups is 1. The largest absolute Gasteiger partial charge is 1.00 e. The molecule has 0 aromatic rings. The molecule has 0 heterocycles. The number of nitrogens with zero attached hydrogens (tertiary/aromatic N) is 1. The molecular formula is C9H20ClNO2. The van der Waals surface area contributed by atoms with Crippen LogP contribution in [-0.4, -0.2) is 37.8 Å². The van der Waals surface area contributed by atoms with Crippen LogP contribution in [0.2, 0.25) is 0 Å². The van der Waals surface area contributed by atoms with Crippen molar-refractivity contribution < 1.29 is 26.4 Å². The molecule has 0 aliphatic carbocycles. The number of halogens is 1. The second kappa shape index (κ2) is 5.45. The lowest BCUT2D eigenvalue weighted by Crippen LogP contribution is -3.00. The number of ether oxygens (including phenoxy) is 1. The lowest BCUT2D eigenvalue weighted by Gasteiger charge is -2.30. The first-order chi connectivity index (χ1) is 5.25. The van der Waals surface area contributed by atoms with Crippen LogP contribution in [0.25, 0.3) is 0 Å². The maximum absolute atomic E-state index is 11.2. The predicted octanol–water partition coefficient (Wildman–Crippen LogP) is -1.76. The third-order valence-electron chi connectivity index (χ3n) is 1.85. The second-order valence-corrected chi connectivity index (χ2v) is 4.31. The van der Waals surface area contributed by atoms with Crippen molar-refractivity contribution in [2.75, 3.05) is 21.1 Å². The molecule has 0 aliphatic rings. The van der Waals surface area contributed by atoms with E-state index in [0.29, 0.717) is 4.48 Å². The van der Waals surface area contributed by atoms with Crippen molar-refractivity contribution in [3.05, 3.63) is 0 Å². The van der Waals surface area contributed by atoms with E-state index >= 15 is 0 Å². The molecule has 4 heteroatoms. The maximum atomic E-state index is 11.2. The Hall–Kier alpha value is -0.280. The van der Waals surface area contributed by atoms with Crippen molar-refractivity contribution in [2.45, 2.75) is 27.0 Å². The average molecular weight is 210 g/mol. The molecule has 0 amide bonds. The van der Waals surface area contributed by atoms with E-state index < -0.39 is 0 Å². The summed E-state index contributed by atoms with van der Waals surface area (Å²) in [6.07, 6.45) is -0.0834. The molecule has 0 aliphatic heterocycles. The highest BCUT2D eigenvalue weighted by atomic mass is 35.5. The molecule has 3 nitrogen and oxygen atoms in total. The Morgan fingerprint density at radius 2 is 1.54 bits per heavy atom. The first-order valence-electron chi connectivity index (χ1n) is 4.26. The van der Waals surface area contributed by atoms with Crippen LogP contribution in [-0.2, 0) is 9.53 Å². The Bertz CT molecular complexity index is 163. The molecule has 1 unspecified atom stereocenters. The Morgan fingerprint density at radius 1 is 1.15 bits per heavy atom. The van der Waals surface area contributed by atoms with Crippen LogP contribution in [0.3, 0.4) is 0 Å². The first-order valence-corrected chi connectivity index (χ1v) is 4.26. The summed E-state index contributed by atoms with van der Waals surface area (Å²) in [6.45, 7) is 5.58. The van der Waals surface area contributed by atoms with Crippen LogP contribution in [0.5, 0.6) is 0 Å². The van der Waals surface area contributed by atoms with Gasteiger partial charge in [0, 0.05) is 6.92 Å². The van der Waals surface area contributed by atoms with Gasteiger partial charge in [-0.2, -0.15) is 0 Å². The quantitative estimate of drug-likeness (QED) is 0.313. The van der Waals surface area contributed by atoms with Gasteiger partial charge in [0.15, 0.2) is 0 Å². The van der Waals surface area contributed by atoms with E-state index in [-0.39, 0.29) is 30.5 Å². The summed E-state index contributed by atoms with van der Waals surface area (Å²) in [5.41, 5.74) is 0. The van der Waals surface area contributed by atoms with Gasteiger partial charge in [0.25, 0.3) is 0 Å². The second-order valence-electron chi connectivity index (χ2n) is 4.31. The van der Waals surface area contributed by atoms with Crippen molar-refractivity contribution in [1.82, 2.24) is 0 Å². The highest BCUT2D eigenvalue weighted by molar-refractivity contribution is 5.71. The van der Waals surface area contributed by atoms with Crippen LogP contribution in [0.1, 0.15) is 20.8 Å². The summed E-state index contributed by atoms with van der Waals surface area (Å²) in [5, 5.41) is 0. The number of quaternary nitrogens is 1. The van der Waals surface area contributed by atoms with Crippen molar-refractivity contribution in [3.63, 3.8) is 0 Å². The van der Waals surface area contributed by atoms with Crippen LogP contribution >= 0.6 is 0 Å². The summed E-state index contributed by atoms with van der Waals surface area (Å²) in [5.74, 6) is -0.172. The maximum Gasteiger partial charge on any atom is 0.312 e. The van der Waals surface area contributed by atoms with Crippen LogP contribution in [0, 0.1) is 5.92 Å². The van der Waals surface area contributed by atoms with Gasteiger partial charge in [0.1, 0.15) is 0 Å². The molecule has 0 saturated heterocycles. The molecule has 80 valence electrons. The van der Waals surface area contributed by atoms with Gasteiger partial charge >= 0.3 is 5.97 Å². The summed E-state index contributed by atoms with van der Waals surface area (Å²) >= 11 is 0. The molecule has 0 aromatic heterocycles. The minimum absolute atomic E-state index is 0. The van der Waals surface area contributed by atoms with E-state index in [9.17, 15) is 4.79 Å². The van der Waals surface area contributed by atoms with Gasteiger partial charge in [0.05, 0.1) is 27.1 Å². The van der Waals surface area contributed by atoms with Gasteiger partial charge in [-0.05, 0) is 0 Å². The van der Waals surface area contributed by atoms with E-state index in [4.69, 9.17) is 4.74 Å². The number of hydrogen-bond acceptors (Lipinski definition) is 2. The van der Waals surface area contributed by atoms with Crippen LogP contribution in [0.15, 0.2) is 0 Å². The van der Waals surface area contributed by atoms with Gasteiger partial charge in [-0.25, -0.2) is 0 Å². The number of hydrogen-bond donors (Lipinski definition) is 0. The highest BCUT2D eigenvalue weighted by Crippen LogP contribution is 2.07. The average Bonchev–Trinajstić information content (AvgIpc) is 1.85. The van der Waals surface area contributed by atoms with E-state index in [1.165, 1.54) is 0 Å². The minimum atomic E-state index is -0.129. The Kier molecular flexibility index (Phi) is 6.37. The normalized spacial score (nSPS) is 13.5. The van der Waals surface area contributed by atoms with Crippen LogP contribution < -0.4 is 12.4 Å². The minimum Gasteiger partial charge on any atom is -1.00 e. The van der Waals surface area contributed by atoms with Crippen molar-refractivity contribution in [3.8, 4) is 0 Å². The molecular weight excluding hydrogens is 190 g/mol. The van der Waals surface area contributed by atoms with Gasteiger partial charge in [-0.15, -0.1) is 0 Å². The third-order valence-corrected chi connectivity index (χ3v) is 1.85. The molecule has 0 radical (unpaired) electrons. The van der Waals surface area contributed by atoms with Crippen molar-refractivity contribution >= 4 is 5.97 Å². The topological polar surface area (TPSA) is 26.3 Å². The molecule has 0 bridgehead atoms. The summed E-state index contributed by atoms with van der Waals surface area (Å²) in [6, 6.07) is 0. The molecule has 0 aromatic carbocycles. The first kappa shape index (κ1) is 15.2. The van der Waals surface area contributed by atoms with E-state index in [2.05, 4.69) is 0 Å². The zero-order chi connectivity index (χ0) is 9.94. The summed E-state index contributed by atoms with van der Waals surface area (Å²) in [4.78, 5) is 11.2. The molecule has 0 fully saturated rings. The van der Waals surface area contributed by atoms with Crippen molar-refractivity contribution in [2.24, 2.45) is 5.92 Å². The highest BCUT2D eigenvalue weighted by Gasteiger charge is 2.23. The van der Waals surface area contributed by atoms with Gasteiger partial charge in [-0.3, -0.25) is 9.28 Å². The zero-order valence-electron chi connectivity index (χ0n) is 9.30. The molecule has 0 spiro atoms. The summed E-state index contributed by atoms with van der Waals surface area (Å²) in [7, 11) is 5.99. The fourth-order valence-electron chi connectivity index (χ4n) is 0.462. The number of carbonyl (C=O) groups excluding carboxylic acids is 1. The van der Waals surface area contributed by atoms with Crippen LogP contribution in [0.4, 0.5) is 0 Å². The molecule has 0 N–H and O–H groups in total. The molecule has 0 rings (SSSR count). The van der Waals surface area contributed by atoms with E-state index in [0.717, 1.165) is 0 Å². The van der Waals surface area contributed by atoms with E-state index in [1.807, 2.05) is 41.9 Å². The fraction of sp³-hybridized carbons (Fsp3) is 0.889. The van der Waals surface area contributed by atoms with E-state index in [1.54, 1.807) is 0 Å². The lowest BCUT2D eigenvalue weighted by atomic mass is 10.2. The van der Waals surface area contributed by atoms with Crippen molar-refractivity contribution in [1.29, 1.82) is 0 Å². The number of rotatable bonds is 3. The standard InChI is InChI=1S/C9H20NO2.ClH/c1-7(2)9(11)12-8(3)10(4,5)6;/h7-8H,1-6H3;1H/q+1;/p-1. The Labute approximate surface area is 87.1 Å². The van der Waals surface area contributed by atoms with Gasteiger partial charge in [-0.1, -0.05) is 13.8 Å². The zero-order valence-corrected chi connectivity index (χ0v) is 10.1. The smallest absolute Gasteiger partial charge is 0.312 e.